The Hall–Kier alpha value is -2.02. The molecule has 0 N–H and O–H groups in total. The van der Waals surface area contributed by atoms with Crippen molar-refractivity contribution in [1.29, 1.82) is 0 Å². The molecule has 0 aromatic carbocycles. The van der Waals surface area contributed by atoms with Crippen LogP contribution in [0.2, 0.25) is 0 Å². The van der Waals surface area contributed by atoms with Crippen LogP contribution in [0, 0.1) is 13.8 Å². The molecule has 1 atom stereocenters. The van der Waals surface area contributed by atoms with Crippen LogP contribution in [-0.4, -0.2) is 50.7 Å². The number of piperidine rings is 1. The van der Waals surface area contributed by atoms with Gasteiger partial charge in [-0.05, 0) is 39.8 Å². The summed E-state index contributed by atoms with van der Waals surface area (Å²) in [6.45, 7) is 11.1. The molecular formula is C19H27N5O2. The van der Waals surface area contributed by atoms with E-state index >= 15 is 0 Å². The second-order valence-corrected chi connectivity index (χ2v) is 7.80. The van der Waals surface area contributed by atoms with Gasteiger partial charge in [-0.25, -0.2) is 4.98 Å². The zero-order chi connectivity index (χ0) is 18.3. The van der Waals surface area contributed by atoms with Crippen LogP contribution in [0.5, 0.6) is 5.88 Å². The fourth-order valence-electron chi connectivity index (χ4n) is 3.86. The second-order valence-electron chi connectivity index (χ2n) is 7.80. The molecular weight excluding hydrogens is 330 g/mol. The molecule has 0 unspecified atom stereocenters. The van der Waals surface area contributed by atoms with E-state index in [9.17, 15) is 0 Å². The lowest BCUT2D eigenvalue weighted by molar-refractivity contribution is 0.121. The molecule has 26 heavy (non-hydrogen) atoms. The standard InChI is InChI=1S/C19H27N5O2/c1-11(2)17-22-18(26-23-17)14-5-7-24(8-6-14)10-15-9-16-12(3)20-13(4)21-19(16)25-15/h11,14-15H,5-10H2,1-4H3/t15-/m1/s1. The molecule has 2 aromatic heterocycles. The Morgan fingerprint density at radius 1 is 1.12 bits per heavy atom. The van der Waals surface area contributed by atoms with Crippen molar-refractivity contribution in [1.82, 2.24) is 25.0 Å². The van der Waals surface area contributed by atoms with Crippen LogP contribution in [0.25, 0.3) is 0 Å². The van der Waals surface area contributed by atoms with Crippen LogP contribution >= 0.6 is 0 Å². The van der Waals surface area contributed by atoms with Crippen LogP contribution in [-0.2, 0) is 6.42 Å². The number of fused-ring (bicyclic) bond motifs is 1. The maximum absolute atomic E-state index is 6.08. The number of hydrogen-bond donors (Lipinski definition) is 0. The third-order valence-electron chi connectivity index (χ3n) is 5.37. The van der Waals surface area contributed by atoms with Gasteiger partial charge in [0.05, 0.1) is 0 Å². The molecule has 1 saturated heterocycles. The third kappa shape index (κ3) is 3.45. The van der Waals surface area contributed by atoms with Crippen molar-refractivity contribution in [3.05, 3.63) is 28.8 Å². The van der Waals surface area contributed by atoms with E-state index in [1.807, 2.05) is 13.8 Å². The normalized spacial score (nSPS) is 21.2. The van der Waals surface area contributed by atoms with Gasteiger partial charge in [0.15, 0.2) is 5.82 Å². The Labute approximate surface area is 154 Å². The van der Waals surface area contributed by atoms with E-state index in [2.05, 4.69) is 38.9 Å². The van der Waals surface area contributed by atoms with Crippen LogP contribution in [0.4, 0.5) is 0 Å². The lowest BCUT2D eigenvalue weighted by Crippen LogP contribution is -2.40. The van der Waals surface area contributed by atoms with Crippen molar-refractivity contribution >= 4 is 0 Å². The summed E-state index contributed by atoms with van der Waals surface area (Å²) in [5.74, 6) is 3.86. The van der Waals surface area contributed by atoms with Gasteiger partial charge in [0.2, 0.25) is 11.8 Å². The lowest BCUT2D eigenvalue weighted by Gasteiger charge is -2.31. The van der Waals surface area contributed by atoms with Gasteiger partial charge < -0.3 is 9.26 Å². The number of hydrogen-bond acceptors (Lipinski definition) is 7. The maximum Gasteiger partial charge on any atom is 0.229 e. The van der Waals surface area contributed by atoms with E-state index in [-0.39, 0.29) is 6.10 Å². The minimum Gasteiger partial charge on any atom is -0.472 e. The smallest absolute Gasteiger partial charge is 0.229 e. The minimum absolute atomic E-state index is 0.173. The van der Waals surface area contributed by atoms with Crippen LogP contribution < -0.4 is 4.74 Å². The fourth-order valence-corrected chi connectivity index (χ4v) is 3.86. The van der Waals surface area contributed by atoms with Gasteiger partial charge in [0.1, 0.15) is 11.9 Å². The molecule has 140 valence electrons. The van der Waals surface area contributed by atoms with E-state index in [1.165, 1.54) is 5.56 Å². The van der Waals surface area contributed by atoms with E-state index in [4.69, 9.17) is 9.26 Å². The fraction of sp³-hybridized carbons (Fsp3) is 0.684. The van der Waals surface area contributed by atoms with Crippen molar-refractivity contribution in [3.63, 3.8) is 0 Å². The lowest BCUT2D eigenvalue weighted by atomic mass is 9.96. The molecule has 0 amide bonds. The van der Waals surface area contributed by atoms with Crippen LogP contribution in [0.1, 0.15) is 67.3 Å². The first-order valence-corrected chi connectivity index (χ1v) is 9.56. The first kappa shape index (κ1) is 17.4. The zero-order valence-corrected chi connectivity index (χ0v) is 16.0. The highest BCUT2D eigenvalue weighted by molar-refractivity contribution is 5.34. The summed E-state index contributed by atoms with van der Waals surface area (Å²) in [5.41, 5.74) is 2.22. The molecule has 1 fully saturated rings. The number of likely N-dealkylation sites (tertiary alicyclic amines) is 1. The van der Waals surface area contributed by atoms with Gasteiger partial charge >= 0.3 is 0 Å². The average molecular weight is 357 g/mol. The van der Waals surface area contributed by atoms with Crippen molar-refractivity contribution in [2.45, 2.75) is 64.9 Å². The van der Waals surface area contributed by atoms with Crippen molar-refractivity contribution < 1.29 is 9.26 Å². The molecule has 7 heteroatoms. The molecule has 2 aliphatic rings. The minimum atomic E-state index is 0.173. The van der Waals surface area contributed by atoms with Gasteiger partial charge in [-0.2, -0.15) is 9.97 Å². The Balaban J connectivity index is 1.31. The predicted octanol–water partition coefficient (Wildman–Crippen LogP) is 2.78. The average Bonchev–Trinajstić information content (AvgIpc) is 3.22. The van der Waals surface area contributed by atoms with Crippen LogP contribution in [0.15, 0.2) is 4.52 Å². The number of aromatic nitrogens is 4. The molecule has 0 radical (unpaired) electrons. The zero-order valence-electron chi connectivity index (χ0n) is 16.0. The molecule has 0 aliphatic carbocycles. The summed E-state index contributed by atoms with van der Waals surface area (Å²) in [4.78, 5) is 15.9. The SMILES string of the molecule is Cc1nc(C)c2c(n1)O[C@@H](CN1CCC(c3nc(C(C)C)no3)CC1)C2. The summed E-state index contributed by atoms with van der Waals surface area (Å²) in [7, 11) is 0. The molecule has 2 aromatic rings. The van der Waals surface area contributed by atoms with Gasteiger partial charge in [-0.15, -0.1) is 0 Å². The van der Waals surface area contributed by atoms with E-state index in [0.29, 0.717) is 11.8 Å². The van der Waals surface area contributed by atoms with Crippen molar-refractivity contribution in [2.24, 2.45) is 0 Å². The van der Waals surface area contributed by atoms with Gasteiger partial charge in [0, 0.05) is 36.1 Å². The first-order chi connectivity index (χ1) is 12.5. The Morgan fingerprint density at radius 2 is 1.88 bits per heavy atom. The monoisotopic (exact) mass is 357 g/mol. The number of ether oxygens (including phenoxy) is 1. The van der Waals surface area contributed by atoms with Crippen molar-refractivity contribution in [3.8, 4) is 5.88 Å². The van der Waals surface area contributed by atoms with E-state index < -0.39 is 0 Å². The Morgan fingerprint density at radius 3 is 2.58 bits per heavy atom. The predicted molar refractivity (Wildman–Crippen MR) is 96.4 cm³/mol. The Kier molecular flexibility index (Phi) is 4.65. The third-order valence-corrected chi connectivity index (χ3v) is 5.37. The van der Waals surface area contributed by atoms with E-state index in [1.54, 1.807) is 0 Å². The largest absolute Gasteiger partial charge is 0.472 e. The summed E-state index contributed by atoms with van der Waals surface area (Å²) >= 11 is 0. The number of rotatable bonds is 4. The molecule has 4 rings (SSSR count). The van der Waals surface area contributed by atoms with Gasteiger partial charge in [-0.1, -0.05) is 19.0 Å². The molecule has 7 nitrogen and oxygen atoms in total. The maximum atomic E-state index is 6.08. The highest BCUT2D eigenvalue weighted by Crippen LogP contribution is 2.31. The number of nitrogens with zero attached hydrogens (tertiary/aromatic N) is 5. The number of aryl methyl sites for hydroxylation is 2. The van der Waals surface area contributed by atoms with Gasteiger partial charge in [0.25, 0.3) is 0 Å². The quantitative estimate of drug-likeness (QED) is 0.832. The van der Waals surface area contributed by atoms with Crippen molar-refractivity contribution in [2.75, 3.05) is 19.6 Å². The molecule has 2 aliphatic heterocycles. The van der Waals surface area contributed by atoms with E-state index in [0.717, 1.165) is 68.0 Å². The summed E-state index contributed by atoms with van der Waals surface area (Å²) < 4.78 is 11.6. The summed E-state index contributed by atoms with van der Waals surface area (Å²) in [6.07, 6.45) is 3.18. The topological polar surface area (TPSA) is 77.2 Å². The second kappa shape index (κ2) is 6.95. The molecule has 0 saturated carbocycles. The van der Waals surface area contributed by atoms with Crippen LogP contribution in [0.3, 0.4) is 0 Å². The first-order valence-electron chi connectivity index (χ1n) is 9.56. The summed E-state index contributed by atoms with van der Waals surface area (Å²) in [5, 5.41) is 4.10. The highest BCUT2D eigenvalue weighted by Gasteiger charge is 2.31. The molecule has 4 heterocycles. The molecule has 0 spiro atoms. The Bertz CT molecular complexity index is 780. The summed E-state index contributed by atoms with van der Waals surface area (Å²) in [6, 6.07) is 0. The highest BCUT2D eigenvalue weighted by atomic mass is 16.5. The molecule has 0 bridgehead atoms. The van der Waals surface area contributed by atoms with Gasteiger partial charge in [-0.3, -0.25) is 4.90 Å².